The molecule has 0 saturated heterocycles. The molecule has 0 radical (unpaired) electrons. The lowest BCUT2D eigenvalue weighted by Crippen LogP contribution is -2.05. The zero-order chi connectivity index (χ0) is 25.1. The Bertz CT molecular complexity index is 2070. The number of nitrogens with zero attached hydrogens (tertiary/aromatic N) is 3. The third-order valence-corrected chi connectivity index (χ3v) is 7.55. The number of aromatic nitrogens is 3. The zero-order valence-corrected chi connectivity index (χ0v) is 20.5. The Kier molecular flexibility index (Phi) is 4.55. The molecule has 7 aromatic rings. The van der Waals surface area contributed by atoms with E-state index in [0.29, 0.717) is 0 Å². The highest BCUT2D eigenvalue weighted by Crippen LogP contribution is 2.39. The van der Waals surface area contributed by atoms with Gasteiger partial charge in [0, 0.05) is 46.0 Å². The van der Waals surface area contributed by atoms with Crippen molar-refractivity contribution in [2.75, 3.05) is 11.9 Å². The zero-order valence-electron chi connectivity index (χ0n) is 20.5. The molecule has 0 bridgehead atoms. The van der Waals surface area contributed by atoms with Crippen molar-refractivity contribution in [3.05, 3.63) is 115 Å². The van der Waals surface area contributed by atoms with Gasteiger partial charge in [-0.05, 0) is 40.5 Å². The maximum Gasteiger partial charge on any atom is 0.0978 e. The third-order valence-electron chi connectivity index (χ3n) is 7.55. The molecule has 0 unspecified atom stereocenters. The van der Waals surface area contributed by atoms with Gasteiger partial charge in [0.05, 0.1) is 27.8 Å². The molecule has 4 heteroatoms. The molecule has 3 aromatic heterocycles. The van der Waals surface area contributed by atoms with Gasteiger partial charge < -0.3 is 5.32 Å². The fourth-order valence-corrected chi connectivity index (χ4v) is 5.78. The third kappa shape index (κ3) is 3.14. The van der Waals surface area contributed by atoms with Gasteiger partial charge in [-0.15, -0.1) is 0 Å². The van der Waals surface area contributed by atoms with Crippen LogP contribution < -0.4 is 5.32 Å². The summed E-state index contributed by atoms with van der Waals surface area (Å²) in [7, 11) is 0. The van der Waals surface area contributed by atoms with Crippen LogP contribution in [-0.4, -0.2) is 21.5 Å². The summed E-state index contributed by atoms with van der Waals surface area (Å²) in [5.41, 5.74) is 10.9. The van der Waals surface area contributed by atoms with Crippen molar-refractivity contribution in [2.45, 2.75) is 0 Å². The van der Waals surface area contributed by atoms with Gasteiger partial charge >= 0.3 is 0 Å². The maximum absolute atomic E-state index is 5.05. The summed E-state index contributed by atoms with van der Waals surface area (Å²) in [4.78, 5) is 14.5. The van der Waals surface area contributed by atoms with Crippen LogP contribution in [0.1, 0.15) is 5.56 Å². The summed E-state index contributed by atoms with van der Waals surface area (Å²) < 4.78 is 0. The van der Waals surface area contributed by atoms with Crippen molar-refractivity contribution < 1.29 is 0 Å². The summed E-state index contributed by atoms with van der Waals surface area (Å²) in [5, 5.41) is 8.01. The summed E-state index contributed by atoms with van der Waals surface area (Å²) in [6, 6.07) is 32.1. The molecule has 4 heterocycles. The summed E-state index contributed by atoms with van der Waals surface area (Å²) >= 11 is 0. The molecular weight excluding hydrogens is 464 g/mol. The van der Waals surface area contributed by atoms with E-state index >= 15 is 0 Å². The van der Waals surface area contributed by atoms with Gasteiger partial charge in [0.15, 0.2) is 0 Å². The van der Waals surface area contributed by atoms with Crippen molar-refractivity contribution >= 4 is 55.4 Å². The van der Waals surface area contributed by atoms with Crippen LogP contribution in [0.4, 0.5) is 5.69 Å². The Morgan fingerprint density at radius 2 is 1.45 bits per heavy atom. The van der Waals surface area contributed by atoms with Crippen LogP contribution >= 0.6 is 0 Å². The van der Waals surface area contributed by atoms with Gasteiger partial charge in [0.25, 0.3) is 0 Å². The lowest BCUT2D eigenvalue weighted by atomic mass is 9.93. The van der Waals surface area contributed by atoms with E-state index in [0.717, 1.165) is 61.4 Å². The molecule has 0 spiro atoms. The van der Waals surface area contributed by atoms with Crippen molar-refractivity contribution in [2.24, 2.45) is 0 Å². The molecule has 4 aromatic carbocycles. The Morgan fingerprint density at radius 1 is 0.605 bits per heavy atom. The van der Waals surface area contributed by atoms with E-state index < -0.39 is 0 Å². The van der Waals surface area contributed by atoms with E-state index in [1.807, 2.05) is 24.5 Å². The molecule has 1 N–H and O–H groups in total. The summed E-state index contributed by atoms with van der Waals surface area (Å²) in [5.74, 6) is 0. The molecule has 8 rings (SSSR count). The normalized spacial score (nSPS) is 12.7. The van der Waals surface area contributed by atoms with Crippen LogP contribution in [0.5, 0.6) is 0 Å². The van der Waals surface area contributed by atoms with Gasteiger partial charge in [-0.3, -0.25) is 9.97 Å². The average Bonchev–Trinajstić information content (AvgIpc) is 2.99. The Labute approximate surface area is 219 Å². The molecule has 4 nitrogen and oxygen atoms in total. The van der Waals surface area contributed by atoms with Crippen molar-refractivity contribution in [1.82, 2.24) is 15.0 Å². The first kappa shape index (κ1) is 21.0. The van der Waals surface area contributed by atoms with E-state index in [1.54, 1.807) is 0 Å². The second kappa shape index (κ2) is 8.22. The monoisotopic (exact) mass is 486 g/mol. The Hall–Kier alpha value is -5.09. The van der Waals surface area contributed by atoms with Gasteiger partial charge in [-0.1, -0.05) is 84.9 Å². The van der Waals surface area contributed by atoms with Gasteiger partial charge in [0.1, 0.15) is 0 Å². The molecule has 1 aliphatic heterocycles. The van der Waals surface area contributed by atoms with Gasteiger partial charge in [0.2, 0.25) is 0 Å². The second-order valence-electron chi connectivity index (χ2n) is 9.69. The van der Waals surface area contributed by atoms with Crippen LogP contribution in [0.2, 0.25) is 0 Å². The highest BCUT2D eigenvalue weighted by atomic mass is 14.9. The van der Waals surface area contributed by atoms with Crippen LogP contribution in [0, 0.1) is 0 Å². The van der Waals surface area contributed by atoms with E-state index in [2.05, 4.69) is 101 Å². The summed E-state index contributed by atoms with van der Waals surface area (Å²) in [6.07, 6.45) is 8.06. The fraction of sp³-hybridized carbons (Fsp3) is 0.0294. The van der Waals surface area contributed by atoms with Crippen LogP contribution in [-0.2, 0) is 0 Å². The number of benzene rings is 4. The van der Waals surface area contributed by atoms with Crippen LogP contribution in [0.3, 0.4) is 0 Å². The topological polar surface area (TPSA) is 50.7 Å². The first-order valence-corrected chi connectivity index (χ1v) is 12.8. The summed E-state index contributed by atoms with van der Waals surface area (Å²) in [6.45, 7) is 0.825. The number of hydrogen-bond donors (Lipinski definition) is 1. The molecule has 1 aliphatic rings. The van der Waals surface area contributed by atoms with Crippen LogP contribution in [0.25, 0.3) is 71.9 Å². The average molecular weight is 487 g/mol. The number of anilines is 1. The smallest absolute Gasteiger partial charge is 0.0978 e. The number of nitrogens with one attached hydrogen (secondary N) is 1. The Balaban J connectivity index is 1.33. The first-order chi connectivity index (χ1) is 18.8. The van der Waals surface area contributed by atoms with Crippen LogP contribution in [0.15, 0.2) is 109 Å². The first-order valence-electron chi connectivity index (χ1n) is 12.8. The number of para-hydroxylation sites is 1. The molecule has 0 saturated carbocycles. The quantitative estimate of drug-likeness (QED) is 0.197. The number of pyridine rings is 3. The predicted octanol–water partition coefficient (Wildman–Crippen LogP) is 8.26. The molecule has 38 heavy (non-hydrogen) atoms. The maximum atomic E-state index is 5.05. The van der Waals surface area contributed by atoms with Crippen molar-refractivity contribution in [1.29, 1.82) is 0 Å². The minimum absolute atomic E-state index is 0.825. The second-order valence-corrected chi connectivity index (χ2v) is 9.69. The minimum Gasteiger partial charge on any atom is -0.379 e. The predicted molar refractivity (Wildman–Crippen MR) is 158 cm³/mol. The van der Waals surface area contributed by atoms with E-state index in [-0.39, 0.29) is 0 Å². The standard InChI is InChI=1S/C34H22N4/c1-2-8-29-27(7-1)30(28-16-14-24-6-4-19-36-32(24)34(28)38-29)22-11-9-21(10-12-22)25-17-20-37-33-26(25)15-13-23-5-3-18-35-31(23)33/h1-17,19-20,35H,18H2. The molecule has 0 aliphatic carbocycles. The largest absolute Gasteiger partial charge is 0.379 e. The van der Waals surface area contributed by atoms with Crippen molar-refractivity contribution in [3.8, 4) is 22.3 Å². The molecule has 178 valence electrons. The van der Waals surface area contributed by atoms with Crippen molar-refractivity contribution in [3.63, 3.8) is 0 Å². The SMILES string of the molecule is C1=Cc2ccc3c(-c4ccc(-c5c6ccccc6nc6c5ccc5cccnc56)cc4)ccnc3c2NC1. The lowest BCUT2D eigenvalue weighted by Gasteiger charge is -2.17. The number of fused-ring (bicyclic) bond motifs is 7. The Morgan fingerprint density at radius 3 is 2.39 bits per heavy atom. The number of rotatable bonds is 2. The molecular formula is C34H22N4. The lowest BCUT2D eigenvalue weighted by molar-refractivity contribution is 1.30. The minimum atomic E-state index is 0.825. The van der Waals surface area contributed by atoms with Gasteiger partial charge in [-0.2, -0.15) is 0 Å². The fourth-order valence-electron chi connectivity index (χ4n) is 5.78. The van der Waals surface area contributed by atoms with E-state index in [1.165, 1.54) is 22.3 Å². The van der Waals surface area contributed by atoms with E-state index in [9.17, 15) is 0 Å². The highest BCUT2D eigenvalue weighted by Gasteiger charge is 2.16. The molecule has 0 atom stereocenters. The molecule has 0 amide bonds. The van der Waals surface area contributed by atoms with E-state index in [4.69, 9.17) is 9.97 Å². The van der Waals surface area contributed by atoms with Gasteiger partial charge in [-0.25, -0.2) is 4.98 Å². The molecule has 0 fully saturated rings. The highest BCUT2D eigenvalue weighted by molar-refractivity contribution is 6.16. The number of hydrogen-bond acceptors (Lipinski definition) is 4.